The highest BCUT2D eigenvalue weighted by atomic mass is 19.4. The van der Waals surface area contributed by atoms with Crippen LogP contribution in [0, 0.1) is 0 Å². The van der Waals surface area contributed by atoms with Crippen molar-refractivity contribution in [2.75, 3.05) is 5.73 Å². The molecule has 0 atom stereocenters. The van der Waals surface area contributed by atoms with Gasteiger partial charge in [0.1, 0.15) is 0 Å². The van der Waals surface area contributed by atoms with Crippen LogP contribution in [0.5, 0.6) is 0 Å². The summed E-state index contributed by atoms with van der Waals surface area (Å²) in [7, 11) is 0. The van der Waals surface area contributed by atoms with Gasteiger partial charge in [-0.15, -0.1) is 0 Å². The van der Waals surface area contributed by atoms with Crippen molar-refractivity contribution in [2.45, 2.75) is 6.18 Å². The molecule has 0 fully saturated rings. The van der Waals surface area contributed by atoms with E-state index in [1.807, 2.05) is 0 Å². The maximum atomic E-state index is 13.2. The lowest BCUT2D eigenvalue weighted by Gasteiger charge is -2.13. The fourth-order valence-corrected chi connectivity index (χ4v) is 2.31. The predicted octanol–water partition coefficient (Wildman–Crippen LogP) is 3.19. The zero-order valence-electron chi connectivity index (χ0n) is 11.1. The Labute approximate surface area is 122 Å². The van der Waals surface area contributed by atoms with Crippen LogP contribution in [-0.2, 0) is 6.18 Å². The number of halogens is 3. The first-order valence-corrected chi connectivity index (χ1v) is 6.32. The maximum absolute atomic E-state index is 13.2. The van der Waals surface area contributed by atoms with E-state index in [0.29, 0.717) is 11.3 Å². The number of aromatic amines is 1. The van der Waals surface area contributed by atoms with Crippen LogP contribution in [0.4, 0.5) is 18.9 Å². The van der Waals surface area contributed by atoms with E-state index < -0.39 is 17.3 Å². The van der Waals surface area contributed by atoms with Crippen molar-refractivity contribution >= 4 is 16.5 Å². The molecule has 0 saturated carbocycles. The van der Waals surface area contributed by atoms with E-state index in [-0.39, 0.29) is 16.5 Å². The number of fused-ring (bicyclic) bond motifs is 1. The van der Waals surface area contributed by atoms with Crippen molar-refractivity contribution in [3.8, 4) is 11.3 Å². The summed E-state index contributed by atoms with van der Waals surface area (Å²) < 4.78 is 39.7. The van der Waals surface area contributed by atoms with Crippen LogP contribution < -0.4 is 11.3 Å². The van der Waals surface area contributed by atoms with E-state index in [9.17, 15) is 18.0 Å². The number of aromatic nitrogens is 2. The standard InChI is InChI=1S/C15H10F3N3O/c16-15(17,18)11-3-1-2-10-12(11)13(20-21-14(10)22)8-4-6-9(19)7-5-8/h1-7H,19H2,(H,21,22). The van der Waals surface area contributed by atoms with Gasteiger partial charge in [0.2, 0.25) is 0 Å². The third-order valence-corrected chi connectivity index (χ3v) is 3.30. The van der Waals surface area contributed by atoms with E-state index in [1.165, 1.54) is 12.1 Å². The Morgan fingerprint density at radius 1 is 1.05 bits per heavy atom. The molecule has 0 unspecified atom stereocenters. The molecule has 0 bridgehead atoms. The van der Waals surface area contributed by atoms with Crippen LogP contribution in [0.15, 0.2) is 47.3 Å². The second-order valence-corrected chi connectivity index (χ2v) is 4.75. The molecule has 22 heavy (non-hydrogen) atoms. The first-order chi connectivity index (χ1) is 10.4. The lowest BCUT2D eigenvalue weighted by Crippen LogP contribution is -2.14. The minimum absolute atomic E-state index is 0.0579. The number of hydrogen-bond donors (Lipinski definition) is 2. The highest BCUT2D eigenvalue weighted by Crippen LogP contribution is 2.37. The molecule has 0 aliphatic heterocycles. The van der Waals surface area contributed by atoms with E-state index in [2.05, 4.69) is 10.2 Å². The van der Waals surface area contributed by atoms with E-state index >= 15 is 0 Å². The van der Waals surface area contributed by atoms with Crippen LogP contribution in [-0.4, -0.2) is 10.2 Å². The molecule has 7 heteroatoms. The van der Waals surface area contributed by atoms with E-state index in [1.54, 1.807) is 24.3 Å². The molecule has 0 spiro atoms. The summed E-state index contributed by atoms with van der Waals surface area (Å²) in [6.07, 6.45) is -4.59. The highest BCUT2D eigenvalue weighted by Gasteiger charge is 2.34. The summed E-state index contributed by atoms with van der Waals surface area (Å²) in [6.45, 7) is 0. The van der Waals surface area contributed by atoms with Gasteiger partial charge in [-0.3, -0.25) is 4.79 Å². The van der Waals surface area contributed by atoms with Gasteiger partial charge in [0.05, 0.1) is 16.6 Å². The average Bonchev–Trinajstić information content (AvgIpc) is 2.47. The summed E-state index contributed by atoms with van der Waals surface area (Å²) in [5, 5.41) is 5.76. The predicted molar refractivity (Wildman–Crippen MR) is 77.2 cm³/mol. The molecule has 1 aromatic heterocycles. The lowest BCUT2D eigenvalue weighted by molar-refractivity contribution is -0.136. The van der Waals surface area contributed by atoms with Gasteiger partial charge in [0.15, 0.2) is 0 Å². The second-order valence-electron chi connectivity index (χ2n) is 4.75. The molecule has 1 heterocycles. The molecule has 0 saturated heterocycles. The summed E-state index contributed by atoms with van der Waals surface area (Å²) in [5.74, 6) is 0. The number of H-pyrrole nitrogens is 1. The first kappa shape index (κ1) is 14.1. The van der Waals surface area contributed by atoms with Gasteiger partial charge in [0.25, 0.3) is 5.56 Å². The molecular formula is C15H10F3N3O. The molecule has 0 aliphatic rings. The molecule has 3 aromatic rings. The van der Waals surface area contributed by atoms with Crippen LogP contribution in [0.3, 0.4) is 0 Å². The minimum atomic E-state index is -4.59. The van der Waals surface area contributed by atoms with Gasteiger partial charge in [-0.25, -0.2) is 5.10 Å². The zero-order valence-corrected chi connectivity index (χ0v) is 11.1. The molecule has 2 aromatic carbocycles. The fraction of sp³-hybridized carbons (Fsp3) is 0.0667. The number of hydrogen-bond acceptors (Lipinski definition) is 3. The van der Waals surface area contributed by atoms with Crippen LogP contribution >= 0.6 is 0 Å². The van der Waals surface area contributed by atoms with Crippen molar-refractivity contribution in [1.29, 1.82) is 0 Å². The molecule has 112 valence electrons. The Hall–Kier alpha value is -2.83. The third kappa shape index (κ3) is 2.30. The molecule has 3 rings (SSSR count). The molecule has 3 N–H and O–H groups in total. The van der Waals surface area contributed by atoms with Crippen LogP contribution in [0.25, 0.3) is 22.0 Å². The van der Waals surface area contributed by atoms with Gasteiger partial charge in [-0.1, -0.05) is 18.2 Å². The van der Waals surface area contributed by atoms with E-state index in [0.717, 1.165) is 6.07 Å². The number of benzene rings is 2. The Bertz CT molecular complexity index is 899. The van der Waals surface area contributed by atoms with Gasteiger partial charge in [-0.05, 0) is 24.3 Å². The summed E-state index contributed by atoms with van der Waals surface area (Å²) in [6, 6.07) is 9.71. The van der Waals surface area contributed by atoms with Crippen LogP contribution in [0.1, 0.15) is 5.56 Å². The molecule has 0 radical (unpaired) electrons. The number of alkyl halides is 3. The summed E-state index contributed by atoms with van der Waals surface area (Å²) >= 11 is 0. The minimum Gasteiger partial charge on any atom is -0.399 e. The number of nitrogens with zero attached hydrogens (tertiary/aromatic N) is 1. The van der Waals surface area contributed by atoms with Gasteiger partial charge < -0.3 is 5.73 Å². The zero-order chi connectivity index (χ0) is 15.9. The van der Waals surface area contributed by atoms with Crippen molar-refractivity contribution in [3.05, 3.63) is 58.4 Å². The van der Waals surface area contributed by atoms with Crippen LogP contribution in [0.2, 0.25) is 0 Å². The van der Waals surface area contributed by atoms with Gasteiger partial charge >= 0.3 is 6.18 Å². The highest BCUT2D eigenvalue weighted by molar-refractivity contribution is 5.96. The topological polar surface area (TPSA) is 71.8 Å². The quantitative estimate of drug-likeness (QED) is 0.678. The normalized spacial score (nSPS) is 11.8. The first-order valence-electron chi connectivity index (χ1n) is 6.32. The number of rotatable bonds is 1. The fourth-order valence-electron chi connectivity index (χ4n) is 2.31. The largest absolute Gasteiger partial charge is 0.417 e. The SMILES string of the molecule is Nc1ccc(-c2n[nH]c(=O)c3cccc(C(F)(F)F)c23)cc1. The Kier molecular flexibility index (Phi) is 3.13. The lowest BCUT2D eigenvalue weighted by atomic mass is 10.00. The Morgan fingerprint density at radius 3 is 2.36 bits per heavy atom. The molecule has 4 nitrogen and oxygen atoms in total. The number of nitrogen functional groups attached to an aromatic ring is 1. The maximum Gasteiger partial charge on any atom is 0.417 e. The number of nitrogens with two attached hydrogens (primary N) is 1. The molecule has 0 aliphatic carbocycles. The smallest absolute Gasteiger partial charge is 0.399 e. The number of nitrogens with one attached hydrogen (secondary N) is 1. The average molecular weight is 305 g/mol. The van der Waals surface area contributed by atoms with Crippen molar-refractivity contribution in [2.24, 2.45) is 0 Å². The third-order valence-electron chi connectivity index (χ3n) is 3.30. The van der Waals surface area contributed by atoms with Crippen molar-refractivity contribution < 1.29 is 13.2 Å². The Balaban J connectivity index is 2.43. The second kappa shape index (κ2) is 4.87. The van der Waals surface area contributed by atoms with Crippen molar-refractivity contribution in [1.82, 2.24) is 10.2 Å². The summed E-state index contributed by atoms with van der Waals surface area (Å²) in [4.78, 5) is 11.8. The van der Waals surface area contributed by atoms with Gasteiger partial charge in [-0.2, -0.15) is 18.3 Å². The monoisotopic (exact) mass is 305 g/mol. The Morgan fingerprint density at radius 2 is 1.73 bits per heavy atom. The van der Waals surface area contributed by atoms with E-state index in [4.69, 9.17) is 5.73 Å². The van der Waals surface area contributed by atoms with Crippen molar-refractivity contribution in [3.63, 3.8) is 0 Å². The summed E-state index contributed by atoms with van der Waals surface area (Å²) in [5.41, 5.74) is 5.00. The van der Waals surface area contributed by atoms with Gasteiger partial charge in [0, 0.05) is 16.6 Å². The number of anilines is 1. The molecule has 0 amide bonds. The molecular weight excluding hydrogens is 295 g/mol.